The molecule has 108 valence electrons. The van der Waals surface area contributed by atoms with E-state index in [1.54, 1.807) is 12.1 Å². The minimum atomic E-state index is 0.0420. The number of halogens is 2. The lowest BCUT2D eigenvalue weighted by atomic mass is 10.0. The van der Waals surface area contributed by atoms with Crippen LogP contribution in [0.2, 0.25) is 10.0 Å². The molecule has 1 N–H and O–H groups in total. The van der Waals surface area contributed by atoms with Crippen LogP contribution in [0.4, 0.5) is 5.69 Å². The van der Waals surface area contributed by atoms with Gasteiger partial charge in [0.25, 0.3) is 0 Å². The molecule has 1 heterocycles. The highest BCUT2D eigenvalue weighted by atomic mass is 35.5. The summed E-state index contributed by atoms with van der Waals surface area (Å²) in [6, 6.07) is 11.0. The molecular formula is C16H13Cl2NO2. The summed E-state index contributed by atoms with van der Waals surface area (Å²) >= 11 is 12.0. The van der Waals surface area contributed by atoms with Gasteiger partial charge >= 0.3 is 0 Å². The van der Waals surface area contributed by atoms with Crippen molar-refractivity contribution in [3.05, 3.63) is 57.6 Å². The van der Waals surface area contributed by atoms with Crippen molar-refractivity contribution in [3.63, 3.8) is 0 Å². The van der Waals surface area contributed by atoms with Crippen LogP contribution in [0.25, 0.3) is 0 Å². The molecule has 0 aromatic heterocycles. The van der Waals surface area contributed by atoms with E-state index >= 15 is 0 Å². The molecule has 5 heteroatoms. The van der Waals surface area contributed by atoms with Crippen LogP contribution in [0.5, 0.6) is 5.75 Å². The van der Waals surface area contributed by atoms with Gasteiger partial charge in [-0.25, -0.2) is 0 Å². The van der Waals surface area contributed by atoms with Gasteiger partial charge in [-0.05, 0) is 30.2 Å². The minimum Gasteiger partial charge on any atom is -0.489 e. The molecule has 0 atom stereocenters. The van der Waals surface area contributed by atoms with E-state index in [-0.39, 0.29) is 5.91 Å². The summed E-state index contributed by atoms with van der Waals surface area (Å²) in [4.78, 5) is 11.4. The monoisotopic (exact) mass is 321 g/mol. The van der Waals surface area contributed by atoms with E-state index in [4.69, 9.17) is 27.9 Å². The maximum Gasteiger partial charge on any atom is 0.224 e. The van der Waals surface area contributed by atoms with Crippen molar-refractivity contribution in [3.8, 4) is 5.75 Å². The number of carbonyl (C=O) groups is 1. The van der Waals surface area contributed by atoms with E-state index < -0.39 is 0 Å². The molecule has 21 heavy (non-hydrogen) atoms. The Balaban J connectivity index is 1.73. The number of amides is 1. The number of aryl methyl sites for hydroxylation is 1. The number of carbonyl (C=O) groups excluding carboxylic acids is 1. The minimum absolute atomic E-state index is 0.0420. The van der Waals surface area contributed by atoms with E-state index in [2.05, 4.69) is 5.32 Å². The summed E-state index contributed by atoms with van der Waals surface area (Å²) in [7, 11) is 0. The molecular weight excluding hydrogens is 309 g/mol. The van der Waals surface area contributed by atoms with Crippen molar-refractivity contribution in [2.75, 3.05) is 5.32 Å². The van der Waals surface area contributed by atoms with Crippen molar-refractivity contribution in [1.82, 2.24) is 0 Å². The molecule has 2 aromatic carbocycles. The number of benzene rings is 2. The van der Waals surface area contributed by atoms with Gasteiger partial charge in [-0.3, -0.25) is 4.79 Å². The van der Waals surface area contributed by atoms with Gasteiger partial charge in [0.15, 0.2) is 0 Å². The van der Waals surface area contributed by atoms with Gasteiger partial charge < -0.3 is 10.1 Å². The lowest BCUT2D eigenvalue weighted by Gasteiger charge is -2.18. The molecule has 0 saturated heterocycles. The zero-order valence-corrected chi connectivity index (χ0v) is 12.7. The molecule has 1 amide bonds. The summed E-state index contributed by atoms with van der Waals surface area (Å²) in [5.41, 5.74) is 2.82. The molecule has 0 spiro atoms. The highest BCUT2D eigenvalue weighted by Gasteiger charge is 2.15. The van der Waals surface area contributed by atoms with Crippen LogP contribution in [0, 0.1) is 0 Å². The van der Waals surface area contributed by atoms with Crippen LogP contribution < -0.4 is 10.1 Å². The number of ether oxygens (including phenoxy) is 1. The van der Waals surface area contributed by atoms with Gasteiger partial charge in [0.2, 0.25) is 5.91 Å². The molecule has 0 aliphatic carbocycles. The fraction of sp³-hybridized carbons (Fsp3) is 0.188. The highest BCUT2D eigenvalue weighted by molar-refractivity contribution is 6.35. The van der Waals surface area contributed by atoms with Gasteiger partial charge in [-0.2, -0.15) is 0 Å². The van der Waals surface area contributed by atoms with Crippen molar-refractivity contribution in [1.29, 1.82) is 0 Å². The average molecular weight is 322 g/mol. The summed E-state index contributed by atoms with van der Waals surface area (Å²) in [5.74, 6) is 0.738. The van der Waals surface area contributed by atoms with Gasteiger partial charge in [-0.1, -0.05) is 35.3 Å². The van der Waals surface area contributed by atoms with E-state index in [0.717, 1.165) is 23.2 Å². The second-order valence-electron chi connectivity index (χ2n) is 4.89. The Hall–Kier alpha value is -1.71. The zero-order valence-electron chi connectivity index (χ0n) is 11.2. The number of hydrogen-bond acceptors (Lipinski definition) is 2. The van der Waals surface area contributed by atoms with E-state index in [9.17, 15) is 4.79 Å². The third-order valence-corrected chi connectivity index (χ3v) is 3.97. The first-order chi connectivity index (χ1) is 10.1. The molecule has 0 unspecified atom stereocenters. The molecule has 0 radical (unpaired) electrons. The Labute approximate surface area is 132 Å². The van der Waals surface area contributed by atoms with Crippen molar-refractivity contribution in [2.45, 2.75) is 19.4 Å². The smallest absolute Gasteiger partial charge is 0.224 e. The number of anilines is 1. The second kappa shape index (κ2) is 5.96. The maximum atomic E-state index is 11.4. The molecule has 3 nitrogen and oxygen atoms in total. The van der Waals surface area contributed by atoms with E-state index in [1.165, 1.54) is 0 Å². The van der Waals surface area contributed by atoms with Crippen LogP contribution in [0.3, 0.4) is 0 Å². The van der Waals surface area contributed by atoms with Gasteiger partial charge in [0.1, 0.15) is 12.4 Å². The molecule has 0 saturated carbocycles. The van der Waals surface area contributed by atoms with E-state index in [1.807, 2.05) is 24.3 Å². The van der Waals surface area contributed by atoms with Gasteiger partial charge in [0.05, 0.1) is 0 Å². The largest absolute Gasteiger partial charge is 0.489 e. The second-order valence-corrected chi connectivity index (χ2v) is 5.74. The molecule has 3 rings (SSSR count). The first kappa shape index (κ1) is 14.2. The number of rotatable bonds is 3. The summed E-state index contributed by atoms with van der Waals surface area (Å²) in [6.45, 7) is 0.350. The Bertz CT molecular complexity index is 701. The third-order valence-electron chi connectivity index (χ3n) is 3.39. The molecule has 0 fully saturated rings. The zero-order chi connectivity index (χ0) is 14.8. The van der Waals surface area contributed by atoms with Crippen LogP contribution >= 0.6 is 23.2 Å². The summed E-state index contributed by atoms with van der Waals surface area (Å²) in [6.07, 6.45) is 1.30. The van der Waals surface area contributed by atoms with Gasteiger partial charge in [-0.15, -0.1) is 0 Å². The third kappa shape index (κ3) is 3.31. The lowest BCUT2D eigenvalue weighted by molar-refractivity contribution is -0.116. The lowest BCUT2D eigenvalue weighted by Crippen LogP contribution is -2.18. The van der Waals surface area contributed by atoms with Gasteiger partial charge in [0, 0.05) is 33.8 Å². The highest BCUT2D eigenvalue weighted by Crippen LogP contribution is 2.28. The number of fused-ring (bicyclic) bond motifs is 1. The normalized spacial score (nSPS) is 13.5. The Morgan fingerprint density at radius 2 is 1.95 bits per heavy atom. The fourth-order valence-electron chi connectivity index (χ4n) is 2.24. The SMILES string of the molecule is O=C1CCc2ccc(OCc3ccc(Cl)cc3Cl)cc2N1. The first-order valence-electron chi connectivity index (χ1n) is 6.61. The Morgan fingerprint density at radius 3 is 2.76 bits per heavy atom. The predicted molar refractivity (Wildman–Crippen MR) is 84.2 cm³/mol. The van der Waals surface area contributed by atoms with Crippen molar-refractivity contribution < 1.29 is 9.53 Å². The average Bonchev–Trinajstić information content (AvgIpc) is 2.46. The van der Waals surface area contributed by atoms with Crippen LogP contribution in [0.15, 0.2) is 36.4 Å². The van der Waals surface area contributed by atoms with Crippen LogP contribution in [0.1, 0.15) is 17.5 Å². The Morgan fingerprint density at radius 1 is 1.10 bits per heavy atom. The summed E-state index contributed by atoms with van der Waals surface area (Å²) in [5, 5.41) is 4.03. The molecule has 2 aromatic rings. The van der Waals surface area contributed by atoms with Crippen LogP contribution in [-0.4, -0.2) is 5.91 Å². The predicted octanol–water partition coefficient (Wildman–Crippen LogP) is 4.46. The van der Waals surface area contributed by atoms with E-state index in [0.29, 0.717) is 28.8 Å². The number of nitrogens with one attached hydrogen (secondary N) is 1. The Kier molecular flexibility index (Phi) is 4.04. The topological polar surface area (TPSA) is 38.3 Å². The van der Waals surface area contributed by atoms with Crippen molar-refractivity contribution in [2.24, 2.45) is 0 Å². The molecule has 1 aliphatic heterocycles. The maximum absolute atomic E-state index is 11.4. The standard InChI is InChI=1S/C16H13Cl2NO2/c17-12-4-1-11(14(18)7-12)9-21-13-5-2-10-3-6-16(20)19-15(10)8-13/h1-2,4-5,7-8H,3,6,9H2,(H,19,20). The summed E-state index contributed by atoms with van der Waals surface area (Å²) < 4.78 is 5.74. The quantitative estimate of drug-likeness (QED) is 0.906. The molecule has 0 bridgehead atoms. The van der Waals surface area contributed by atoms with Crippen LogP contribution in [-0.2, 0) is 17.8 Å². The molecule has 1 aliphatic rings. The van der Waals surface area contributed by atoms with Crippen molar-refractivity contribution >= 4 is 34.8 Å². The fourth-order valence-corrected chi connectivity index (χ4v) is 2.70. The first-order valence-corrected chi connectivity index (χ1v) is 7.37. The number of hydrogen-bond donors (Lipinski definition) is 1.